The molecule has 1 aliphatic rings. The maximum absolute atomic E-state index is 13.1. The maximum Gasteiger partial charge on any atom is 0.295 e. The molecule has 1 saturated heterocycles. The molecule has 33 heavy (non-hydrogen) atoms. The number of aryl methyl sites for hydroxylation is 1. The summed E-state index contributed by atoms with van der Waals surface area (Å²) in [5.41, 5.74) is 1.89. The summed E-state index contributed by atoms with van der Waals surface area (Å²) in [7, 11) is 3.89. The van der Waals surface area contributed by atoms with Crippen molar-refractivity contribution in [3.8, 4) is 5.75 Å². The van der Waals surface area contributed by atoms with E-state index in [2.05, 4.69) is 0 Å². The lowest BCUT2D eigenvalue weighted by Crippen LogP contribution is -2.32. The number of Topliss-reactive ketones (excluding diaryl/α,β-unsaturated/α-hetero) is 1. The zero-order valence-electron chi connectivity index (χ0n) is 19.2. The fraction of sp³-hybridized carbons (Fsp3) is 0.360. The van der Waals surface area contributed by atoms with Crippen LogP contribution >= 0.6 is 23.2 Å². The van der Waals surface area contributed by atoms with Gasteiger partial charge in [0.15, 0.2) is 0 Å². The van der Waals surface area contributed by atoms with Crippen LogP contribution in [-0.2, 0) is 9.59 Å². The van der Waals surface area contributed by atoms with E-state index in [0.717, 1.165) is 12.1 Å². The number of ketones is 1. The second-order valence-corrected chi connectivity index (χ2v) is 9.05. The number of carbonyl (C=O) groups excluding carboxylic acids is 2. The Hall–Kier alpha value is -2.54. The van der Waals surface area contributed by atoms with Crippen molar-refractivity contribution in [2.75, 3.05) is 33.8 Å². The fourth-order valence-electron chi connectivity index (χ4n) is 3.97. The van der Waals surface area contributed by atoms with E-state index in [1.165, 1.54) is 4.90 Å². The molecular weight excluding hydrogens is 463 g/mol. The van der Waals surface area contributed by atoms with Gasteiger partial charge in [0, 0.05) is 12.1 Å². The highest BCUT2D eigenvalue weighted by molar-refractivity contribution is 6.46. The van der Waals surface area contributed by atoms with Gasteiger partial charge in [-0.25, -0.2) is 0 Å². The molecule has 0 aromatic heterocycles. The van der Waals surface area contributed by atoms with E-state index in [1.807, 2.05) is 32.8 Å². The highest BCUT2D eigenvalue weighted by Crippen LogP contribution is 2.41. The Bertz CT molecular complexity index is 1100. The van der Waals surface area contributed by atoms with Crippen LogP contribution in [0.3, 0.4) is 0 Å². The lowest BCUT2D eigenvalue weighted by atomic mass is 9.94. The summed E-state index contributed by atoms with van der Waals surface area (Å²) >= 11 is 12.3. The minimum absolute atomic E-state index is 0.0341. The molecule has 1 fully saturated rings. The van der Waals surface area contributed by atoms with Crippen molar-refractivity contribution in [2.45, 2.75) is 26.3 Å². The molecule has 1 N–H and O–H groups in total. The number of ether oxygens (including phenoxy) is 1. The number of benzene rings is 2. The molecule has 1 atom stereocenters. The van der Waals surface area contributed by atoms with Crippen molar-refractivity contribution in [1.29, 1.82) is 0 Å². The molecule has 2 aromatic rings. The van der Waals surface area contributed by atoms with Crippen molar-refractivity contribution in [3.05, 3.63) is 68.7 Å². The average Bonchev–Trinajstić information content (AvgIpc) is 3.01. The number of halogens is 2. The molecule has 0 bridgehead atoms. The number of rotatable bonds is 8. The molecule has 2 aromatic carbocycles. The molecular formula is C25H28Cl2N2O4. The van der Waals surface area contributed by atoms with Gasteiger partial charge in [0.1, 0.15) is 11.5 Å². The molecule has 0 unspecified atom stereocenters. The molecule has 6 nitrogen and oxygen atoms in total. The third-order valence-corrected chi connectivity index (χ3v) is 6.29. The van der Waals surface area contributed by atoms with Gasteiger partial charge < -0.3 is 19.6 Å². The summed E-state index contributed by atoms with van der Waals surface area (Å²) in [6.45, 7) is 5.36. The SMILES string of the molecule is CCOc1ccc(C(O)=C2C(=O)C(=O)N(CCCN(C)C)[C@H]2c2ccc(Cl)c(Cl)c2)cc1C. The number of aliphatic hydroxyl groups excluding tert-OH is 1. The Labute approximate surface area is 204 Å². The molecule has 1 aliphatic heterocycles. The van der Waals surface area contributed by atoms with Gasteiger partial charge in [0.05, 0.1) is 28.3 Å². The number of nitrogens with zero attached hydrogens (tertiary/aromatic N) is 2. The monoisotopic (exact) mass is 490 g/mol. The van der Waals surface area contributed by atoms with Gasteiger partial charge in [-0.15, -0.1) is 0 Å². The van der Waals surface area contributed by atoms with Gasteiger partial charge in [-0.2, -0.15) is 0 Å². The summed E-state index contributed by atoms with van der Waals surface area (Å²) in [5, 5.41) is 11.9. The van der Waals surface area contributed by atoms with Crippen LogP contribution in [0, 0.1) is 6.92 Å². The van der Waals surface area contributed by atoms with E-state index in [0.29, 0.717) is 46.5 Å². The van der Waals surface area contributed by atoms with Crippen LogP contribution in [0.5, 0.6) is 5.75 Å². The zero-order valence-corrected chi connectivity index (χ0v) is 20.7. The topological polar surface area (TPSA) is 70.1 Å². The smallest absolute Gasteiger partial charge is 0.295 e. The van der Waals surface area contributed by atoms with Crippen molar-refractivity contribution in [1.82, 2.24) is 9.80 Å². The summed E-state index contributed by atoms with van der Waals surface area (Å²) < 4.78 is 5.57. The third-order valence-electron chi connectivity index (χ3n) is 5.55. The minimum atomic E-state index is -0.770. The number of likely N-dealkylation sites (tertiary alicyclic amines) is 1. The van der Waals surface area contributed by atoms with Crippen molar-refractivity contribution < 1.29 is 19.4 Å². The summed E-state index contributed by atoms with van der Waals surface area (Å²) in [5.74, 6) is -0.904. The molecule has 0 radical (unpaired) electrons. The largest absolute Gasteiger partial charge is 0.507 e. The van der Waals surface area contributed by atoms with Gasteiger partial charge >= 0.3 is 0 Å². The van der Waals surface area contributed by atoms with E-state index < -0.39 is 17.7 Å². The lowest BCUT2D eigenvalue weighted by Gasteiger charge is -2.26. The average molecular weight is 491 g/mol. The van der Waals surface area contributed by atoms with Gasteiger partial charge in [0.2, 0.25) is 0 Å². The molecule has 0 spiro atoms. The van der Waals surface area contributed by atoms with Crippen LogP contribution in [0.4, 0.5) is 0 Å². The first kappa shape index (κ1) is 25.1. The maximum atomic E-state index is 13.1. The fourth-order valence-corrected chi connectivity index (χ4v) is 4.27. The number of aliphatic hydroxyl groups is 1. The second kappa shape index (κ2) is 10.6. The summed E-state index contributed by atoms with van der Waals surface area (Å²) in [6.07, 6.45) is 0.667. The Morgan fingerprint density at radius 1 is 1.12 bits per heavy atom. The van der Waals surface area contributed by atoms with E-state index in [4.69, 9.17) is 27.9 Å². The molecule has 176 valence electrons. The summed E-state index contributed by atoms with van der Waals surface area (Å²) in [6, 6.07) is 9.38. The minimum Gasteiger partial charge on any atom is -0.507 e. The number of hydrogen-bond acceptors (Lipinski definition) is 5. The number of hydrogen-bond donors (Lipinski definition) is 1. The van der Waals surface area contributed by atoms with Gasteiger partial charge in [-0.1, -0.05) is 29.3 Å². The standard InChI is InChI=1S/C25H28Cl2N2O4/c1-5-33-20-10-8-17(13-15(20)2)23(30)21-22(16-7-9-18(26)19(27)14-16)29(25(32)24(21)31)12-6-11-28(3)4/h7-10,13-14,22,30H,5-6,11-12H2,1-4H3/t22-/m0/s1. The first-order valence-electron chi connectivity index (χ1n) is 10.8. The zero-order chi connectivity index (χ0) is 24.3. The van der Waals surface area contributed by atoms with Crippen LogP contribution in [0.2, 0.25) is 10.0 Å². The Balaban J connectivity index is 2.11. The Morgan fingerprint density at radius 3 is 2.45 bits per heavy atom. The normalized spacial score (nSPS) is 17.8. The van der Waals surface area contributed by atoms with Gasteiger partial charge in [0.25, 0.3) is 11.7 Å². The second-order valence-electron chi connectivity index (χ2n) is 8.24. The van der Waals surface area contributed by atoms with Crippen molar-refractivity contribution in [3.63, 3.8) is 0 Å². The van der Waals surface area contributed by atoms with E-state index in [-0.39, 0.29) is 11.3 Å². The first-order valence-corrected chi connectivity index (χ1v) is 11.5. The van der Waals surface area contributed by atoms with Crippen LogP contribution < -0.4 is 4.74 Å². The molecule has 0 aliphatic carbocycles. The van der Waals surface area contributed by atoms with Crippen LogP contribution in [0.15, 0.2) is 42.0 Å². The predicted octanol–water partition coefficient (Wildman–Crippen LogP) is 5.07. The van der Waals surface area contributed by atoms with Crippen LogP contribution in [0.25, 0.3) is 5.76 Å². The molecule has 1 amide bonds. The van der Waals surface area contributed by atoms with Crippen molar-refractivity contribution >= 4 is 40.7 Å². The van der Waals surface area contributed by atoms with Gasteiger partial charge in [-0.3, -0.25) is 9.59 Å². The highest BCUT2D eigenvalue weighted by atomic mass is 35.5. The van der Waals surface area contributed by atoms with E-state index in [9.17, 15) is 14.7 Å². The quantitative estimate of drug-likeness (QED) is 0.317. The molecule has 0 saturated carbocycles. The summed E-state index contributed by atoms with van der Waals surface area (Å²) in [4.78, 5) is 29.6. The lowest BCUT2D eigenvalue weighted by molar-refractivity contribution is -0.139. The first-order chi connectivity index (χ1) is 15.6. The third kappa shape index (κ3) is 5.35. The number of amides is 1. The van der Waals surface area contributed by atoms with Gasteiger partial charge in [-0.05, 0) is 82.4 Å². The number of carbonyl (C=O) groups is 2. The van der Waals surface area contributed by atoms with Crippen LogP contribution in [-0.4, -0.2) is 60.4 Å². The van der Waals surface area contributed by atoms with Crippen LogP contribution in [0.1, 0.15) is 36.1 Å². The molecule has 1 heterocycles. The highest BCUT2D eigenvalue weighted by Gasteiger charge is 2.46. The van der Waals surface area contributed by atoms with E-state index >= 15 is 0 Å². The Morgan fingerprint density at radius 2 is 1.85 bits per heavy atom. The Kier molecular flexibility index (Phi) is 8.05. The van der Waals surface area contributed by atoms with Crippen molar-refractivity contribution in [2.24, 2.45) is 0 Å². The predicted molar refractivity (Wildman–Crippen MR) is 131 cm³/mol. The van der Waals surface area contributed by atoms with E-state index in [1.54, 1.807) is 36.4 Å². The molecule has 3 rings (SSSR count). The molecule has 8 heteroatoms.